The van der Waals surface area contributed by atoms with Gasteiger partial charge < -0.3 is 14.9 Å². The van der Waals surface area contributed by atoms with Gasteiger partial charge >= 0.3 is 18.3 Å². The van der Waals surface area contributed by atoms with Crippen molar-refractivity contribution in [3.05, 3.63) is 58.6 Å². The fraction of sp³-hybridized carbons (Fsp3) is 0.304. The Kier molecular flexibility index (Phi) is 6.21. The van der Waals surface area contributed by atoms with Crippen LogP contribution in [0.2, 0.25) is 5.02 Å². The molecule has 0 aliphatic carbocycles. The zero-order valence-corrected chi connectivity index (χ0v) is 19.1. The molecule has 0 bridgehead atoms. The second kappa shape index (κ2) is 8.79. The third-order valence-corrected chi connectivity index (χ3v) is 6.74. The van der Waals surface area contributed by atoms with Crippen LogP contribution in [0.5, 0.6) is 5.75 Å². The van der Waals surface area contributed by atoms with E-state index in [2.05, 4.69) is 10.1 Å². The minimum atomic E-state index is -5.01. The second-order valence-electron chi connectivity index (χ2n) is 8.54. The van der Waals surface area contributed by atoms with E-state index in [0.29, 0.717) is 5.56 Å². The number of anilines is 1. The van der Waals surface area contributed by atoms with Gasteiger partial charge in [0.25, 0.3) is 0 Å². The van der Waals surface area contributed by atoms with E-state index in [9.17, 15) is 42.6 Å². The van der Waals surface area contributed by atoms with Crippen LogP contribution in [0.25, 0.3) is 0 Å². The number of nitrogens with one attached hydrogen (secondary N) is 1. The number of carboxylic acid groups (broad SMARTS) is 2. The van der Waals surface area contributed by atoms with Gasteiger partial charge in [0.05, 0.1) is 23.9 Å². The van der Waals surface area contributed by atoms with Crippen LogP contribution < -0.4 is 15.0 Å². The number of halogens is 4. The van der Waals surface area contributed by atoms with Crippen LogP contribution in [0.15, 0.2) is 42.5 Å². The van der Waals surface area contributed by atoms with Gasteiger partial charge in [-0.3, -0.25) is 24.5 Å². The topological polar surface area (TPSA) is 133 Å². The largest absolute Gasteiger partial charge is 0.573 e. The molecule has 36 heavy (non-hydrogen) atoms. The number of benzene rings is 2. The zero-order chi connectivity index (χ0) is 26.6. The number of amides is 2. The van der Waals surface area contributed by atoms with Crippen molar-refractivity contribution in [2.24, 2.45) is 11.8 Å². The van der Waals surface area contributed by atoms with Crippen LogP contribution in [-0.4, -0.2) is 45.9 Å². The number of carbonyl (C=O) groups is 4. The molecular formula is C23H18ClF3N2O7. The Balaban J connectivity index is 1.85. The summed E-state index contributed by atoms with van der Waals surface area (Å²) < 4.78 is 42.2. The van der Waals surface area contributed by atoms with Gasteiger partial charge in [0, 0.05) is 11.1 Å². The van der Waals surface area contributed by atoms with Crippen LogP contribution in [-0.2, 0) is 19.2 Å². The van der Waals surface area contributed by atoms with Gasteiger partial charge in [0.1, 0.15) is 11.3 Å². The van der Waals surface area contributed by atoms with Crippen LogP contribution in [0.4, 0.5) is 18.9 Å². The van der Waals surface area contributed by atoms with E-state index in [1.165, 1.54) is 24.3 Å². The molecule has 4 atom stereocenters. The molecule has 190 valence electrons. The average molecular weight is 527 g/mol. The monoisotopic (exact) mass is 526 g/mol. The predicted molar refractivity (Wildman–Crippen MR) is 117 cm³/mol. The molecule has 3 N–H and O–H groups in total. The van der Waals surface area contributed by atoms with Crippen molar-refractivity contribution in [3.8, 4) is 5.75 Å². The Morgan fingerprint density at radius 1 is 1.14 bits per heavy atom. The fourth-order valence-corrected chi connectivity index (χ4v) is 5.02. The number of carboxylic acids is 2. The van der Waals surface area contributed by atoms with Gasteiger partial charge in [-0.15, -0.1) is 13.2 Å². The Morgan fingerprint density at radius 2 is 1.83 bits per heavy atom. The molecule has 4 rings (SSSR count). The van der Waals surface area contributed by atoms with E-state index in [1.807, 2.05) is 0 Å². The number of hydrogen-bond acceptors (Lipinski definition) is 6. The molecule has 0 spiro atoms. The molecule has 0 saturated carbocycles. The van der Waals surface area contributed by atoms with Gasteiger partial charge in [-0.1, -0.05) is 29.8 Å². The Morgan fingerprint density at radius 3 is 2.42 bits per heavy atom. The van der Waals surface area contributed by atoms with Crippen molar-refractivity contribution in [3.63, 3.8) is 0 Å². The average Bonchev–Trinajstić information content (AvgIpc) is 3.23. The van der Waals surface area contributed by atoms with E-state index in [4.69, 9.17) is 11.6 Å². The Labute approximate surface area is 206 Å². The molecule has 13 heteroatoms. The van der Waals surface area contributed by atoms with Crippen LogP contribution in [0.3, 0.4) is 0 Å². The van der Waals surface area contributed by atoms with Crippen LogP contribution in [0.1, 0.15) is 23.6 Å². The SMILES string of the molecule is Cc1ccc(N2C(=O)C3C(c4cccc(OC(F)(F)F)c4)NC(CC(=O)O)(C(=O)O)C3C2=O)cc1Cl. The van der Waals surface area contributed by atoms with Gasteiger partial charge in [0.2, 0.25) is 11.8 Å². The van der Waals surface area contributed by atoms with E-state index in [-0.39, 0.29) is 16.3 Å². The van der Waals surface area contributed by atoms with Gasteiger partial charge in [-0.2, -0.15) is 0 Å². The first-order valence-electron chi connectivity index (χ1n) is 10.5. The van der Waals surface area contributed by atoms with Crippen molar-refractivity contribution in [2.75, 3.05) is 4.90 Å². The number of imide groups is 1. The number of aliphatic carboxylic acids is 2. The molecule has 2 fully saturated rings. The minimum absolute atomic E-state index is 0.00482. The van der Waals surface area contributed by atoms with Crippen molar-refractivity contribution in [1.82, 2.24) is 5.32 Å². The van der Waals surface area contributed by atoms with E-state index in [1.54, 1.807) is 13.0 Å². The first-order chi connectivity index (χ1) is 16.7. The number of nitrogens with zero attached hydrogens (tertiary/aromatic N) is 1. The number of aryl methyl sites for hydroxylation is 1. The first-order valence-corrected chi connectivity index (χ1v) is 10.9. The van der Waals surface area contributed by atoms with Crippen molar-refractivity contribution in [1.29, 1.82) is 0 Å². The molecule has 2 heterocycles. The second-order valence-corrected chi connectivity index (χ2v) is 8.95. The number of alkyl halides is 3. The third-order valence-electron chi connectivity index (χ3n) is 6.33. The van der Waals surface area contributed by atoms with Crippen LogP contribution in [0, 0.1) is 18.8 Å². The molecule has 9 nitrogen and oxygen atoms in total. The lowest BCUT2D eigenvalue weighted by Gasteiger charge is -2.30. The minimum Gasteiger partial charge on any atom is -0.481 e. The normalized spacial score (nSPS) is 25.7. The summed E-state index contributed by atoms with van der Waals surface area (Å²) in [5.74, 6) is -8.82. The predicted octanol–water partition coefficient (Wildman–Crippen LogP) is 3.30. The summed E-state index contributed by atoms with van der Waals surface area (Å²) in [5.41, 5.74) is -1.72. The smallest absolute Gasteiger partial charge is 0.481 e. The van der Waals surface area contributed by atoms with E-state index < -0.39 is 65.7 Å². The maximum absolute atomic E-state index is 13.6. The van der Waals surface area contributed by atoms with Gasteiger partial charge in [-0.25, -0.2) is 4.90 Å². The molecule has 4 unspecified atom stereocenters. The van der Waals surface area contributed by atoms with E-state index in [0.717, 1.165) is 17.0 Å². The molecule has 0 aromatic heterocycles. The van der Waals surface area contributed by atoms with E-state index >= 15 is 0 Å². The zero-order valence-electron chi connectivity index (χ0n) is 18.4. The third kappa shape index (κ3) is 4.26. The molecule has 2 aromatic rings. The summed E-state index contributed by atoms with van der Waals surface area (Å²) in [7, 11) is 0. The summed E-state index contributed by atoms with van der Waals surface area (Å²) in [6, 6.07) is 7.47. The lowest BCUT2D eigenvalue weighted by Crippen LogP contribution is -2.57. The number of ether oxygens (including phenoxy) is 1. The quantitative estimate of drug-likeness (QED) is 0.488. The lowest BCUT2D eigenvalue weighted by atomic mass is 9.77. The number of hydrogen-bond donors (Lipinski definition) is 3. The molecule has 2 aliphatic rings. The molecule has 2 amide bonds. The number of carbonyl (C=O) groups excluding carboxylic acids is 2. The molecule has 2 saturated heterocycles. The molecule has 0 radical (unpaired) electrons. The Bertz CT molecular complexity index is 1280. The van der Waals surface area contributed by atoms with Crippen molar-refractivity contribution < 1.29 is 47.3 Å². The maximum Gasteiger partial charge on any atom is 0.573 e. The molecule has 2 aromatic carbocycles. The van der Waals surface area contributed by atoms with Gasteiger partial charge in [-0.05, 0) is 42.3 Å². The summed E-state index contributed by atoms with van der Waals surface area (Å²) in [5, 5.41) is 22.3. The first kappa shape index (κ1) is 25.5. The summed E-state index contributed by atoms with van der Waals surface area (Å²) in [4.78, 5) is 51.9. The number of fused-ring (bicyclic) bond motifs is 1. The van der Waals surface area contributed by atoms with Crippen molar-refractivity contribution in [2.45, 2.75) is 31.3 Å². The lowest BCUT2D eigenvalue weighted by molar-refractivity contribution is -0.274. The summed E-state index contributed by atoms with van der Waals surface area (Å²) in [6.07, 6.45) is -6.08. The Hall–Kier alpha value is -3.64. The van der Waals surface area contributed by atoms with Crippen molar-refractivity contribution >= 4 is 41.0 Å². The van der Waals surface area contributed by atoms with Crippen LogP contribution >= 0.6 is 11.6 Å². The summed E-state index contributed by atoms with van der Waals surface area (Å²) >= 11 is 6.14. The highest BCUT2D eigenvalue weighted by Crippen LogP contribution is 2.51. The highest BCUT2D eigenvalue weighted by molar-refractivity contribution is 6.32. The highest BCUT2D eigenvalue weighted by Gasteiger charge is 2.69. The highest BCUT2D eigenvalue weighted by atomic mass is 35.5. The standard InChI is InChI=1S/C23H18ClF3N2O7/c1-10-5-6-12(8-14(10)24)29-19(32)16-17(20(29)33)22(21(34)35,9-15(30)31)28-18(16)11-3-2-4-13(7-11)36-23(25,26)27/h2-8,16-18,28H,9H2,1H3,(H,30,31)(H,34,35). The maximum atomic E-state index is 13.6. The fourth-order valence-electron chi connectivity index (χ4n) is 4.84. The molecule has 2 aliphatic heterocycles. The summed E-state index contributed by atoms with van der Waals surface area (Å²) in [6.45, 7) is 1.69. The van der Waals surface area contributed by atoms with Gasteiger partial charge in [0.15, 0.2) is 0 Å². The number of rotatable bonds is 6. The molecular weight excluding hydrogens is 509 g/mol.